The van der Waals surface area contributed by atoms with Gasteiger partial charge in [0.15, 0.2) is 0 Å². The van der Waals surface area contributed by atoms with E-state index in [2.05, 4.69) is 4.72 Å². The molecule has 0 amide bonds. The normalized spacial score (nSPS) is 16.7. The van der Waals surface area contributed by atoms with Crippen LogP contribution in [0.5, 0.6) is 0 Å². The highest BCUT2D eigenvalue weighted by atomic mass is 32.2. The molecule has 3 rings (SSSR count). The van der Waals surface area contributed by atoms with Crippen LogP contribution in [0.1, 0.15) is 27.9 Å². The number of hydrogen-bond donors (Lipinski definition) is 1. The molecule has 8 heteroatoms. The number of aryl methyl sites for hydroxylation is 2. The lowest BCUT2D eigenvalue weighted by Crippen LogP contribution is -2.22. The van der Waals surface area contributed by atoms with Crippen LogP contribution in [0.4, 0.5) is 5.69 Å². The lowest BCUT2D eigenvalue weighted by molar-refractivity contribution is -0.145. The third-order valence-electron chi connectivity index (χ3n) is 4.12. The van der Waals surface area contributed by atoms with Crippen molar-refractivity contribution >= 4 is 27.6 Å². The van der Waals surface area contributed by atoms with Crippen LogP contribution in [0.15, 0.2) is 47.4 Å². The minimum atomic E-state index is -3.82. The number of ether oxygens (including phenoxy) is 2. The van der Waals surface area contributed by atoms with Crippen molar-refractivity contribution in [1.29, 1.82) is 0 Å². The topological polar surface area (TPSA) is 98.8 Å². The number of carbonyl (C=O) groups excluding carboxylic acids is 2. The maximum absolute atomic E-state index is 12.7. The molecule has 2 aromatic carbocycles. The minimum absolute atomic E-state index is 0.135. The van der Waals surface area contributed by atoms with Crippen LogP contribution in [-0.2, 0) is 24.3 Å². The first-order valence-electron chi connectivity index (χ1n) is 8.34. The van der Waals surface area contributed by atoms with Gasteiger partial charge in [0.05, 0.1) is 17.1 Å². The molecule has 0 bridgehead atoms. The monoisotopic (exact) mass is 389 g/mol. The molecule has 1 heterocycles. The SMILES string of the molecule is Cc1ccc(C)c(S(=O)(=O)Nc2cccc(C(=O)O[C@H]3CCOC3=O)c2)c1. The smallest absolute Gasteiger partial charge is 0.347 e. The highest BCUT2D eigenvalue weighted by molar-refractivity contribution is 7.92. The summed E-state index contributed by atoms with van der Waals surface area (Å²) in [5, 5.41) is 0. The molecule has 1 N–H and O–H groups in total. The van der Waals surface area contributed by atoms with Crippen molar-refractivity contribution in [2.24, 2.45) is 0 Å². The van der Waals surface area contributed by atoms with E-state index >= 15 is 0 Å². The number of hydrogen-bond acceptors (Lipinski definition) is 6. The highest BCUT2D eigenvalue weighted by Gasteiger charge is 2.30. The Hall–Kier alpha value is -2.87. The summed E-state index contributed by atoms with van der Waals surface area (Å²) >= 11 is 0. The number of cyclic esters (lactones) is 1. The molecule has 1 aliphatic rings. The van der Waals surface area contributed by atoms with E-state index in [0.29, 0.717) is 12.0 Å². The van der Waals surface area contributed by atoms with Gasteiger partial charge in [0, 0.05) is 12.1 Å². The lowest BCUT2D eigenvalue weighted by atomic mass is 10.2. The minimum Gasteiger partial charge on any atom is -0.463 e. The van der Waals surface area contributed by atoms with Crippen LogP contribution in [0.25, 0.3) is 0 Å². The summed E-state index contributed by atoms with van der Waals surface area (Å²) in [4.78, 5) is 23.8. The summed E-state index contributed by atoms with van der Waals surface area (Å²) in [6.45, 7) is 3.73. The highest BCUT2D eigenvalue weighted by Crippen LogP contribution is 2.22. The molecule has 7 nitrogen and oxygen atoms in total. The van der Waals surface area contributed by atoms with Crippen LogP contribution in [-0.4, -0.2) is 33.1 Å². The van der Waals surface area contributed by atoms with Crippen LogP contribution >= 0.6 is 0 Å². The zero-order chi connectivity index (χ0) is 19.6. The average molecular weight is 389 g/mol. The third-order valence-corrected chi connectivity index (χ3v) is 5.64. The van der Waals surface area contributed by atoms with E-state index in [1.54, 1.807) is 19.1 Å². The largest absolute Gasteiger partial charge is 0.463 e. The molecular weight excluding hydrogens is 370 g/mol. The summed E-state index contributed by atoms with van der Waals surface area (Å²) in [5.41, 5.74) is 1.79. The molecule has 0 radical (unpaired) electrons. The Bertz CT molecular complexity index is 999. The molecule has 1 saturated heterocycles. The van der Waals surface area contributed by atoms with Gasteiger partial charge in [0.1, 0.15) is 0 Å². The van der Waals surface area contributed by atoms with E-state index in [0.717, 1.165) is 5.56 Å². The number of esters is 2. The van der Waals surface area contributed by atoms with Gasteiger partial charge in [-0.05, 0) is 49.2 Å². The molecule has 0 aromatic heterocycles. The second kappa shape index (κ2) is 7.40. The van der Waals surface area contributed by atoms with Gasteiger partial charge in [-0.1, -0.05) is 18.2 Å². The first-order valence-corrected chi connectivity index (χ1v) is 9.82. The van der Waals surface area contributed by atoms with Gasteiger partial charge in [0.2, 0.25) is 6.10 Å². The Morgan fingerprint density at radius 2 is 1.96 bits per heavy atom. The van der Waals surface area contributed by atoms with Crippen LogP contribution in [0.3, 0.4) is 0 Å². The van der Waals surface area contributed by atoms with E-state index in [-0.39, 0.29) is 22.8 Å². The van der Waals surface area contributed by atoms with Crippen molar-refractivity contribution in [2.75, 3.05) is 11.3 Å². The van der Waals surface area contributed by atoms with Crippen LogP contribution in [0.2, 0.25) is 0 Å². The van der Waals surface area contributed by atoms with Gasteiger partial charge in [-0.25, -0.2) is 18.0 Å². The van der Waals surface area contributed by atoms with E-state index < -0.39 is 28.1 Å². The fourth-order valence-corrected chi connectivity index (χ4v) is 4.08. The maximum Gasteiger partial charge on any atom is 0.347 e. The summed E-state index contributed by atoms with van der Waals surface area (Å²) in [7, 11) is -3.82. The van der Waals surface area contributed by atoms with Crippen molar-refractivity contribution < 1.29 is 27.5 Å². The van der Waals surface area contributed by atoms with Gasteiger partial charge in [-0.3, -0.25) is 4.72 Å². The summed E-state index contributed by atoms with van der Waals surface area (Å²) < 4.78 is 37.7. The second-order valence-electron chi connectivity index (χ2n) is 6.31. The van der Waals surface area contributed by atoms with Gasteiger partial charge >= 0.3 is 11.9 Å². The van der Waals surface area contributed by atoms with E-state index in [4.69, 9.17) is 9.47 Å². The molecule has 1 aliphatic heterocycles. The Labute approximate surface area is 157 Å². The molecule has 0 saturated carbocycles. The molecule has 1 fully saturated rings. The Morgan fingerprint density at radius 1 is 1.19 bits per heavy atom. The van der Waals surface area contributed by atoms with Crippen molar-refractivity contribution in [3.05, 3.63) is 59.2 Å². The van der Waals surface area contributed by atoms with Crippen molar-refractivity contribution in [2.45, 2.75) is 31.3 Å². The number of anilines is 1. The quantitative estimate of drug-likeness (QED) is 0.789. The molecule has 2 aromatic rings. The zero-order valence-electron chi connectivity index (χ0n) is 14.9. The summed E-state index contributed by atoms with van der Waals surface area (Å²) in [6.07, 6.45) is -0.614. The summed E-state index contributed by atoms with van der Waals surface area (Å²) in [6, 6.07) is 11.1. The molecule has 0 spiro atoms. The van der Waals surface area contributed by atoms with Gasteiger partial charge in [-0.15, -0.1) is 0 Å². The van der Waals surface area contributed by atoms with Crippen molar-refractivity contribution in [1.82, 2.24) is 0 Å². The Morgan fingerprint density at radius 3 is 2.67 bits per heavy atom. The molecule has 142 valence electrons. The number of rotatable bonds is 5. The number of carbonyl (C=O) groups is 2. The molecule has 27 heavy (non-hydrogen) atoms. The summed E-state index contributed by atoms with van der Waals surface area (Å²) in [5.74, 6) is -1.29. The lowest BCUT2D eigenvalue weighted by Gasteiger charge is -2.12. The van der Waals surface area contributed by atoms with Gasteiger partial charge < -0.3 is 9.47 Å². The number of nitrogens with one attached hydrogen (secondary N) is 1. The zero-order valence-corrected chi connectivity index (χ0v) is 15.7. The van der Waals surface area contributed by atoms with E-state index in [1.165, 1.54) is 24.3 Å². The number of benzene rings is 2. The predicted octanol–water partition coefficient (Wildman–Crippen LogP) is 2.58. The molecule has 0 aliphatic carbocycles. The van der Waals surface area contributed by atoms with E-state index in [1.807, 2.05) is 13.0 Å². The Kier molecular flexibility index (Phi) is 5.18. The average Bonchev–Trinajstić information content (AvgIpc) is 3.01. The fraction of sp³-hybridized carbons (Fsp3) is 0.263. The fourth-order valence-electron chi connectivity index (χ4n) is 2.70. The van der Waals surface area contributed by atoms with Crippen LogP contribution in [0, 0.1) is 13.8 Å². The first kappa shape index (κ1) is 18.9. The third kappa shape index (κ3) is 4.28. The van der Waals surface area contributed by atoms with Gasteiger partial charge in [-0.2, -0.15) is 0 Å². The van der Waals surface area contributed by atoms with Crippen LogP contribution < -0.4 is 4.72 Å². The molecular formula is C19H19NO6S. The number of sulfonamides is 1. The predicted molar refractivity (Wildman–Crippen MR) is 97.9 cm³/mol. The maximum atomic E-state index is 12.7. The second-order valence-corrected chi connectivity index (χ2v) is 7.96. The van der Waals surface area contributed by atoms with E-state index in [9.17, 15) is 18.0 Å². The first-order chi connectivity index (χ1) is 12.8. The van der Waals surface area contributed by atoms with Crippen molar-refractivity contribution in [3.63, 3.8) is 0 Å². The molecule has 1 atom stereocenters. The van der Waals surface area contributed by atoms with Gasteiger partial charge in [0.25, 0.3) is 10.0 Å². The Balaban J connectivity index is 1.80. The standard InChI is InChI=1S/C19H19NO6S/c1-12-6-7-13(2)17(10-12)27(23,24)20-15-5-3-4-14(11-15)18(21)26-16-8-9-25-19(16)22/h3-7,10-11,16,20H,8-9H2,1-2H3/t16-/m0/s1. The molecule has 0 unspecified atom stereocenters. The van der Waals surface area contributed by atoms with Crippen molar-refractivity contribution in [3.8, 4) is 0 Å².